The predicted molar refractivity (Wildman–Crippen MR) is 53.7 cm³/mol. The number of rotatable bonds is 4. The lowest BCUT2D eigenvalue weighted by Crippen LogP contribution is -2.11. The van der Waals surface area contributed by atoms with E-state index in [4.69, 9.17) is 5.11 Å². The SMILES string of the molecule is CCOC(=O)Cc1cc(F)ccc1C(=O)O. The number of hydrogen-bond donors (Lipinski definition) is 1. The van der Waals surface area contributed by atoms with Crippen LogP contribution in [0, 0.1) is 5.82 Å². The minimum atomic E-state index is -1.20. The Morgan fingerprint density at radius 1 is 1.44 bits per heavy atom. The second-order valence-electron chi connectivity index (χ2n) is 3.09. The molecule has 1 rings (SSSR count). The molecule has 0 unspecified atom stereocenters. The van der Waals surface area contributed by atoms with Crippen LogP contribution in [0.3, 0.4) is 0 Å². The molecule has 0 saturated carbocycles. The lowest BCUT2D eigenvalue weighted by atomic mass is 10.0. The van der Waals surface area contributed by atoms with E-state index in [2.05, 4.69) is 4.74 Å². The molecule has 16 heavy (non-hydrogen) atoms. The molecule has 0 amide bonds. The lowest BCUT2D eigenvalue weighted by molar-refractivity contribution is -0.142. The number of carboxylic acid groups (broad SMARTS) is 1. The first-order valence-electron chi connectivity index (χ1n) is 4.72. The lowest BCUT2D eigenvalue weighted by Gasteiger charge is -2.05. The van der Waals surface area contributed by atoms with Gasteiger partial charge >= 0.3 is 11.9 Å². The number of aromatic carboxylic acids is 1. The molecule has 0 bridgehead atoms. The first-order chi connectivity index (χ1) is 7.54. The molecule has 5 heteroatoms. The number of carbonyl (C=O) groups is 2. The Balaban J connectivity index is 2.96. The van der Waals surface area contributed by atoms with E-state index in [1.54, 1.807) is 6.92 Å². The van der Waals surface area contributed by atoms with Crippen LogP contribution in [0.25, 0.3) is 0 Å². The van der Waals surface area contributed by atoms with Gasteiger partial charge in [-0.1, -0.05) is 0 Å². The third kappa shape index (κ3) is 3.05. The quantitative estimate of drug-likeness (QED) is 0.792. The van der Waals surface area contributed by atoms with Gasteiger partial charge in [-0.15, -0.1) is 0 Å². The van der Waals surface area contributed by atoms with Crippen molar-refractivity contribution in [3.8, 4) is 0 Å². The molecule has 0 atom stereocenters. The fourth-order valence-corrected chi connectivity index (χ4v) is 1.28. The van der Waals surface area contributed by atoms with Crippen LogP contribution < -0.4 is 0 Å². The van der Waals surface area contributed by atoms with E-state index in [1.165, 1.54) is 0 Å². The highest BCUT2D eigenvalue weighted by molar-refractivity contribution is 5.91. The molecule has 1 aromatic rings. The number of benzene rings is 1. The van der Waals surface area contributed by atoms with E-state index in [0.29, 0.717) is 0 Å². The summed E-state index contributed by atoms with van der Waals surface area (Å²) in [6.07, 6.45) is -0.243. The van der Waals surface area contributed by atoms with Gasteiger partial charge < -0.3 is 9.84 Å². The highest BCUT2D eigenvalue weighted by Crippen LogP contribution is 2.12. The molecular weight excluding hydrogens is 215 g/mol. The van der Waals surface area contributed by atoms with Crippen LogP contribution in [-0.4, -0.2) is 23.7 Å². The van der Waals surface area contributed by atoms with Gasteiger partial charge in [-0.2, -0.15) is 0 Å². The van der Waals surface area contributed by atoms with Crippen LogP contribution in [0.2, 0.25) is 0 Å². The molecule has 86 valence electrons. The van der Waals surface area contributed by atoms with Gasteiger partial charge in [0.25, 0.3) is 0 Å². The Kier molecular flexibility index (Phi) is 3.99. The van der Waals surface area contributed by atoms with Crippen molar-refractivity contribution in [3.05, 3.63) is 35.1 Å². The second-order valence-corrected chi connectivity index (χ2v) is 3.09. The van der Waals surface area contributed by atoms with Crippen molar-refractivity contribution in [1.29, 1.82) is 0 Å². The summed E-state index contributed by atoms with van der Waals surface area (Å²) in [5.74, 6) is -2.35. The minimum Gasteiger partial charge on any atom is -0.478 e. The van der Waals surface area contributed by atoms with Gasteiger partial charge in [0.05, 0.1) is 18.6 Å². The fraction of sp³-hybridized carbons (Fsp3) is 0.273. The van der Waals surface area contributed by atoms with Crippen LogP contribution in [0.15, 0.2) is 18.2 Å². The van der Waals surface area contributed by atoms with Crippen LogP contribution in [-0.2, 0) is 16.0 Å². The van der Waals surface area contributed by atoms with Crippen molar-refractivity contribution < 1.29 is 23.8 Å². The summed E-state index contributed by atoms with van der Waals surface area (Å²) in [4.78, 5) is 22.0. The number of carbonyl (C=O) groups excluding carboxylic acids is 1. The van der Waals surface area contributed by atoms with Crippen molar-refractivity contribution >= 4 is 11.9 Å². The highest BCUT2D eigenvalue weighted by Gasteiger charge is 2.14. The fourth-order valence-electron chi connectivity index (χ4n) is 1.28. The smallest absolute Gasteiger partial charge is 0.335 e. The van der Waals surface area contributed by atoms with E-state index in [-0.39, 0.29) is 24.2 Å². The van der Waals surface area contributed by atoms with Crippen molar-refractivity contribution in [1.82, 2.24) is 0 Å². The van der Waals surface area contributed by atoms with Crippen molar-refractivity contribution in [3.63, 3.8) is 0 Å². The number of ether oxygens (including phenoxy) is 1. The van der Waals surface area contributed by atoms with Gasteiger partial charge in [0.2, 0.25) is 0 Å². The van der Waals surface area contributed by atoms with Gasteiger partial charge in [0.1, 0.15) is 5.82 Å². The molecule has 0 aromatic heterocycles. The van der Waals surface area contributed by atoms with Crippen LogP contribution in [0.4, 0.5) is 4.39 Å². The summed E-state index contributed by atoms with van der Waals surface area (Å²) < 4.78 is 17.6. The summed E-state index contributed by atoms with van der Waals surface area (Å²) >= 11 is 0. The molecule has 1 N–H and O–H groups in total. The van der Waals surface area contributed by atoms with E-state index in [1.807, 2.05) is 0 Å². The van der Waals surface area contributed by atoms with E-state index >= 15 is 0 Å². The Labute approximate surface area is 91.7 Å². The average Bonchev–Trinajstić information content (AvgIpc) is 2.17. The zero-order chi connectivity index (χ0) is 12.1. The Hall–Kier alpha value is -1.91. The number of hydrogen-bond acceptors (Lipinski definition) is 3. The number of esters is 1. The summed E-state index contributed by atoms with van der Waals surface area (Å²) in [5, 5.41) is 8.82. The predicted octanol–water partition coefficient (Wildman–Crippen LogP) is 1.63. The zero-order valence-corrected chi connectivity index (χ0v) is 8.70. The summed E-state index contributed by atoms with van der Waals surface area (Å²) in [5.41, 5.74) is 0.0282. The summed E-state index contributed by atoms with van der Waals surface area (Å²) in [6, 6.07) is 3.20. The second kappa shape index (κ2) is 5.25. The van der Waals surface area contributed by atoms with Crippen molar-refractivity contribution in [2.45, 2.75) is 13.3 Å². The van der Waals surface area contributed by atoms with Crippen molar-refractivity contribution in [2.75, 3.05) is 6.61 Å². The van der Waals surface area contributed by atoms with Crippen LogP contribution in [0.1, 0.15) is 22.8 Å². The summed E-state index contributed by atoms with van der Waals surface area (Å²) in [6.45, 7) is 1.85. The van der Waals surface area contributed by atoms with E-state index < -0.39 is 17.8 Å². The maximum absolute atomic E-state index is 12.9. The van der Waals surface area contributed by atoms with Gasteiger partial charge in [-0.05, 0) is 30.7 Å². The van der Waals surface area contributed by atoms with Crippen LogP contribution in [0.5, 0.6) is 0 Å². The Bertz CT molecular complexity index is 414. The number of halogens is 1. The molecular formula is C11H11FO4. The average molecular weight is 226 g/mol. The third-order valence-electron chi connectivity index (χ3n) is 1.94. The van der Waals surface area contributed by atoms with E-state index in [0.717, 1.165) is 18.2 Å². The molecule has 0 heterocycles. The van der Waals surface area contributed by atoms with Gasteiger partial charge in [0, 0.05) is 0 Å². The van der Waals surface area contributed by atoms with Gasteiger partial charge in [0.15, 0.2) is 0 Å². The molecule has 4 nitrogen and oxygen atoms in total. The molecule has 0 aliphatic heterocycles. The minimum absolute atomic E-state index is 0.0885. The normalized spacial score (nSPS) is 9.88. The molecule has 0 saturated heterocycles. The standard InChI is InChI=1S/C11H11FO4/c1-2-16-10(13)6-7-5-8(12)3-4-9(7)11(14)15/h3-5H,2,6H2,1H3,(H,14,15). The monoisotopic (exact) mass is 226 g/mol. The Morgan fingerprint density at radius 2 is 2.12 bits per heavy atom. The maximum Gasteiger partial charge on any atom is 0.335 e. The first kappa shape index (κ1) is 12.2. The Morgan fingerprint density at radius 3 is 2.69 bits per heavy atom. The molecule has 1 aromatic carbocycles. The maximum atomic E-state index is 12.9. The van der Waals surface area contributed by atoms with E-state index in [9.17, 15) is 14.0 Å². The van der Waals surface area contributed by atoms with Crippen LogP contribution >= 0.6 is 0 Å². The zero-order valence-electron chi connectivity index (χ0n) is 8.70. The first-order valence-corrected chi connectivity index (χ1v) is 4.72. The molecule has 0 spiro atoms. The molecule has 0 aliphatic rings. The molecule has 0 radical (unpaired) electrons. The van der Waals surface area contributed by atoms with Gasteiger partial charge in [-0.3, -0.25) is 4.79 Å². The number of carboxylic acids is 1. The molecule has 0 aliphatic carbocycles. The third-order valence-corrected chi connectivity index (χ3v) is 1.94. The topological polar surface area (TPSA) is 63.6 Å². The highest BCUT2D eigenvalue weighted by atomic mass is 19.1. The molecule has 0 fully saturated rings. The van der Waals surface area contributed by atoms with Gasteiger partial charge in [-0.25, -0.2) is 9.18 Å². The largest absolute Gasteiger partial charge is 0.478 e. The summed E-state index contributed by atoms with van der Waals surface area (Å²) in [7, 11) is 0. The van der Waals surface area contributed by atoms with Crippen molar-refractivity contribution in [2.24, 2.45) is 0 Å².